The number of rotatable bonds is 3. The third-order valence-corrected chi connectivity index (χ3v) is 3.89. The van der Waals surface area contributed by atoms with E-state index < -0.39 is 0 Å². The molecule has 0 saturated carbocycles. The summed E-state index contributed by atoms with van der Waals surface area (Å²) in [6, 6.07) is 10.1. The fourth-order valence-corrected chi connectivity index (χ4v) is 2.88. The molecule has 19 heavy (non-hydrogen) atoms. The normalized spacial score (nSPS) is 10.8. The molecule has 3 aromatic rings. The Labute approximate surface area is 116 Å². The van der Waals surface area contributed by atoms with Crippen molar-refractivity contribution in [3.8, 4) is 0 Å². The molecule has 3 rings (SSSR count). The van der Waals surface area contributed by atoms with Gasteiger partial charge in [0.25, 0.3) is 0 Å². The van der Waals surface area contributed by atoms with E-state index in [2.05, 4.69) is 33.8 Å². The van der Waals surface area contributed by atoms with Crippen LogP contribution in [0.5, 0.6) is 0 Å². The molecule has 0 unspecified atom stereocenters. The van der Waals surface area contributed by atoms with Crippen molar-refractivity contribution in [3.63, 3.8) is 0 Å². The molecule has 2 heterocycles. The van der Waals surface area contributed by atoms with Crippen LogP contribution in [-0.4, -0.2) is 12.0 Å². The number of benzene rings is 1. The predicted molar refractivity (Wildman–Crippen MR) is 82.6 cm³/mol. The summed E-state index contributed by atoms with van der Waals surface area (Å²) in [4.78, 5) is 6.62. The maximum Gasteiger partial charge on any atom is 0.0743 e. The maximum atomic E-state index is 5.81. The zero-order chi connectivity index (χ0) is 13.2. The van der Waals surface area contributed by atoms with Gasteiger partial charge < -0.3 is 10.6 Å². The molecule has 3 nitrogen and oxygen atoms in total. The number of thiophene rings is 1. The van der Waals surface area contributed by atoms with Crippen molar-refractivity contribution >= 4 is 33.6 Å². The van der Waals surface area contributed by atoms with Gasteiger partial charge in [-0.05, 0) is 46.7 Å². The van der Waals surface area contributed by atoms with E-state index in [1.807, 2.05) is 30.5 Å². The van der Waals surface area contributed by atoms with Gasteiger partial charge in [0.2, 0.25) is 0 Å². The van der Waals surface area contributed by atoms with E-state index in [4.69, 9.17) is 5.73 Å². The predicted octanol–water partition coefficient (Wildman–Crippen LogP) is 3.51. The average Bonchev–Trinajstić information content (AvgIpc) is 2.90. The highest BCUT2D eigenvalue weighted by Crippen LogP contribution is 2.27. The zero-order valence-corrected chi connectivity index (χ0v) is 11.5. The van der Waals surface area contributed by atoms with Gasteiger partial charge in [-0.25, -0.2) is 0 Å². The Hall–Kier alpha value is -2.07. The molecular weight excluding hydrogens is 254 g/mol. The van der Waals surface area contributed by atoms with E-state index in [9.17, 15) is 0 Å². The molecule has 2 N–H and O–H groups in total. The number of fused-ring (bicyclic) bond motifs is 1. The Bertz CT molecular complexity index is 692. The molecule has 0 spiro atoms. The minimum Gasteiger partial charge on any atom is -0.399 e. The van der Waals surface area contributed by atoms with Crippen molar-refractivity contribution in [2.45, 2.75) is 6.54 Å². The largest absolute Gasteiger partial charge is 0.399 e. The number of pyridine rings is 1. The third-order valence-electron chi connectivity index (χ3n) is 3.15. The van der Waals surface area contributed by atoms with Crippen LogP contribution in [0.3, 0.4) is 0 Å². The van der Waals surface area contributed by atoms with Crippen LogP contribution in [0.15, 0.2) is 47.3 Å². The molecule has 0 aliphatic rings. The monoisotopic (exact) mass is 269 g/mol. The van der Waals surface area contributed by atoms with Crippen LogP contribution in [-0.2, 0) is 6.54 Å². The van der Waals surface area contributed by atoms with Gasteiger partial charge in [0.05, 0.1) is 5.52 Å². The average molecular weight is 269 g/mol. The lowest BCUT2D eigenvalue weighted by Crippen LogP contribution is -2.16. The summed E-state index contributed by atoms with van der Waals surface area (Å²) in [5, 5.41) is 5.42. The van der Waals surface area contributed by atoms with Crippen LogP contribution in [0.1, 0.15) is 5.56 Å². The lowest BCUT2D eigenvalue weighted by atomic mass is 10.1. The van der Waals surface area contributed by atoms with Crippen molar-refractivity contribution in [3.05, 3.63) is 52.9 Å². The molecule has 0 radical (unpaired) electrons. The van der Waals surface area contributed by atoms with Gasteiger partial charge in [0.15, 0.2) is 0 Å². The van der Waals surface area contributed by atoms with E-state index in [-0.39, 0.29) is 0 Å². The summed E-state index contributed by atoms with van der Waals surface area (Å²) < 4.78 is 0. The molecule has 1 aromatic carbocycles. The Morgan fingerprint density at radius 3 is 2.95 bits per heavy atom. The summed E-state index contributed by atoms with van der Waals surface area (Å²) in [6.07, 6.45) is 1.83. The van der Waals surface area contributed by atoms with Crippen LogP contribution in [0, 0.1) is 0 Å². The van der Waals surface area contributed by atoms with Crippen LogP contribution >= 0.6 is 11.3 Å². The van der Waals surface area contributed by atoms with Gasteiger partial charge in [0.1, 0.15) is 0 Å². The minimum absolute atomic E-state index is 0.748. The maximum absolute atomic E-state index is 5.81. The van der Waals surface area contributed by atoms with Gasteiger partial charge in [0, 0.05) is 36.6 Å². The molecule has 0 aliphatic carbocycles. The quantitative estimate of drug-likeness (QED) is 0.740. The Kier molecular flexibility index (Phi) is 3.09. The lowest BCUT2D eigenvalue weighted by Gasteiger charge is -2.20. The molecule has 2 aromatic heterocycles. The van der Waals surface area contributed by atoms with Crippen molar-refractivity contribution in [2.24, 2.45) is 0 Å². The fourth-order valence-electron chi connectivity index (χ4n) is 2.22. The Morgan fingerprint density at radius 1 is 1.26 bits per heavy atom. The molecule has 4 heteroatoms. The van der Waals surface area contributed by atoms with Gasteiger partial charge >= 0.3 is 0 Å². The first-order chi connectivity index (χ1) is 9.24. The van der Waals surface area contributed by atoms with Crippen LogP contribution in [0.4, 0.5) is 11.4 Å². The second-order valence-corrected chi connectivity index (χ2v) is 5.37. The van der Waals surface area contributed by atoms with Gasteiger partial charge in [-0.2, -0.15) is 11.3 Å². The van der Waals surface area contributed by atoms with Crippen molar-refractivity contribution in [1.82, 2.24) is 4.98 Å². The number of hydrogen-bond acceptors (Lipinski definition) is 4. The van der Waals surface area contributed by atoms with E-state index >= 15 is 0 Å². The fraction of sp³-hybridized carbons (Fsp3) is 0.133. The van der Waals surface area contributed by atoms with Crippen LogP contribution in [0.2, 0.25) is 0 Å². The summed E-state index contributed by atoms with van der Waals surface area (Å²) in [6.45, 7) is 0.896. The number of aromatic nitrogens is 1. The number of anilines is 2. The standard InChI is InChI=1S/C15H15N3S/c1-18(9-11-5-7-19-10-11)15-4-6-17-14-8-12(16)2-3-13(14)15/h2-8,10H,9,16H2,1H3. The zero-order valence-electron chi connectivity index (χ0n) is 10.7. The summed E-state index contributed by atoms with van der Waals surface area (Å²) in [7, 11) is 2.10. The van der Waals surface area contributed by atoms with Gasteiger partial charge in [-0.15, -0.1) is 0 Å². The third kappa shape index (κ3) is 2.39. The topological polar surface area (TPSA) is 42.2 Å². The SMILES string of the molecule is CN(Cc1ccsc1)c1ccnc2cc(N)ccc12. The highest BCUT2D eigenvalue weighted by atomic mass is 32.1. The highest BCUT2D eigenvalue weighted by molar-refractivity contribution is 7.07. The molecule has 0 aliphatic heterocycles. The smallest absolute Gasteiger partial charge is 0.0743 e. The first-order valence-electron chi connectivity index (χ1n) is 6.10. The molecule has 0 bridgehead atoms. The number of nitrogens with two attached hydrogens (primary N) is 1. The molecule has 0 fully saturated rings. The Morgan fingerprint density at radius 2 is 2.16 bits per heavy atom. The number of hydrogen-bond donors (Lipinski definition) is 1. The molecular formula is C15H15N3S. The van der Waals surface area contributed by atoms with Gasteiger partial charge in [-0.1, -0.05) is 0 Å². The van der Waals surface area contributed by atoms with E-state index in [1.165, 1.54) is 11.3 Å². The molecule has 96 valence electrons. The summed E-state index contributed by atoms with van der Waals surface area (Å²) in [5.41, 5.74) is 10.00. The molecule has 0 atom stereocenters. The van der Waals surface area contributed by atoms with E-state index in [0.29, 0.717) is 0 Å². The lowest BCUT2D eigenvalue weighted by molar-refractivity contribution is 0.931. The molecule has 0 amide bonds. The van der Waals surface area contributed by atoms with Crippen LogP contribution in [0.25, 0.3) is 10.9 Å². The second kappa shape index (κ2) is 4.90. The van der Waals surface area contributed by atoms with Crippen molar-refractivity contribution in [1.29, 1.82) is 0 Å². The Balaban J connectivity index is 2.00. The van der Waals surface area contributed by atoms with E-state index in [1.54, 1.807) is 11.3 Å². The van der Waals surface area contributed by atoms with Crippen molar-refractivity contribution in [2.75, 3.05) is 17.7 Å². The molecule has 0 saturated heterocycles. The first-order valence-corrected chi connectivity index (χ1v) is 7.05. The number of nitrogens with zero attached hydrogens (tertiary/aromatic N) is 2. The second-order valence-electron chi connectivity index (χ2n) is 4.59. The van der Waals surface area contributed by atoms with E-state index in [0.717, 1.165) is 23.1 Å². The summed E-state index contributed by atoms with van der Waals surface area (Å²) >= 11 is 1.73. The van der Waals surface area contributed by atoms with Crippen molar-refractivity contribution < 1.29 is 0 Å². The van der Waals surface area contributed by atoms with Crippen LogP contribution < -0.4 is 10.6 Å². The first kappa shape index (κ1) is 12.0. The van der Waals surface area contributed by atoms with Gasteiger partial charge in [-0.3, -0.25) is 4.98 Å². The highest BCUT2D eigenvalue weighted by Gasteiger charge is 2.07. The number of nitrogen functional groups attached to an aromatic ring is 1. The minimum atomic E-state index is 0.748. The summed E-state index contributed by atoms with van der Waals surface area (Å²) in [5.74, 6) is 0.